The number of rotatable bonds is 15. The molecule has 0 heterocycles. The molecule has 0 aliphatic rings. The molecule has 0 saturated heterocycles. The van der Waals surface area contributed by atoms with E-state index in [-0.39, 0.29) is 53.7 Å². The Morgan fingerprint density at radius 3 is 1.71 bits per heavy atom. The largest absolute Gasteiger partial charge is 0.380 e. The van der Waals surface area contributed by atoms with E-state index in [0.717, 1.165) is 6.07 Å². The number of hydrogen-bond acceptors (Lipinski definition) is 8. The Bertz CT molecular complexity index is 1450. The fourth-order valence-corrected chi connectivity index (χ4v) is 5.60. The SMILES string of the molecule is CCOCCN(CCOCC)S(=O)(=O)c1cc(N=[N+]=[N-])ccc1C=Cc1ccc(N=[N+]=[N-])cc1S(=O)(=O)O. The van der Waals surface area contributed by atoms with Crippen LogP contribution in [0.3, 0.4) is 0 Å². The maximum atomic E-state index is 13.7. The molecule has 1 N–H and O–H groups in total. The maximum absolute atomic E-state index is 13.7. The number of sulfonamides is 1. The molecule has 0 amide bonds. The van der Waals surface area contributed by atoms with Crippen LogP contribution in [0.25, 0.3) is 33.0 Å². The van der Waals surface area contributed by atoms with E-state index in [1.165, 1.54) is 46.8 Å². The van der Waals surface area contributed by atoms with Gasteiger partial charge in [0.15, 0.2) is 0 Å². The maximum Gasteiger partial charge on any atom is 0.295 e. The molecular formula is C22H27N7O7S2. The molecule has 2 aromatic rings. The highest BCUT2D eigenvalue weighted by molar-refractivity contribution is 7.89. The van der Waals surface area contributed by atoms with Crippen molar-refractivity contribution in [1.82, 2.24) is 4.31 Å². The summed E-state index contributed by atoms with van der Waals surface area (Å²) in [4.78, 5) is 4.56. The minimum atomic E-state index is -4.71. The summed E-state index contributed by atoms with van der Waals surface area (Å²) in [5.41, 5.74) is 17.6. The summed E-state index contributed by atoms with van der Waals surface area (Å²) in [7, 11) is -8.89. The molecule has 0 saturated carbocycles. The van der Waals surface area contributed by atoms with Crippen molar-refractivity contribution in [2.24, 2.45) is 10.2 Å². The van der Waals surface area contributed by atoms with Gasteiger partial charge in [0.2, 0.25) is 10.0 Å². The zero-order chi connectivity index (χ0) is 28.2. The van der Waals surface area contributed by atoms with Gasteiger partial charge in [-0.05, 0) is 48.2 Å². The van der Waals surface area contributed by atoms with Crippen LogP contribution in [0, 0.1) is 0 Å². The topological polar surface area (TPSA) is 208 Å². The van der Waals surface area contributed by atoms with Gasteiger partial charge in [-0.25, -0.2) is 8.42 Å². The first-order chi connectivity index (χ1) is 18.1. The average Bonchev–Trinajstić information content (AvgIpc) is 2.87. The van der Waals surface area contributed by atoms with E-state index in [2.05, 4.69) is 20.1 Å². The molecule has 0 fully saturated rings. The van der Waals surface area contributed by atoms with Crippen molar-refractivity contribution in [3.63, 3.8) is 0 Å². The highest BCUT2D eigenvalue weighted by atomic mass is 32.2. The van der Waals surface area contributed by atoms with E-state index in [4.69, 9.17) is 20.5 Å². The number of nitrogens with zero attached hydrogens (tertiary/aromatic N) is 7. The van der Waals surface area contributed by atoms with Crippen molar-refractivity contribution >= 4 is 43.7 Å². The summed E-state index contributed by atoms with van der Waals surface area (Å²) in [6, 6.07) is 7.62. The molecule has 0 aromatic heterocycles. The van der Waals surface area contributed by atoms with Crippen LogP contribution >= 0.6 is 0 Å². The normalized spacial score (nSPS) is 11.9. The number of hydrogen-bond donors (Lipinski definition) is 1. The Morgan fingerprint density at radius 1 is 0.842 bits per heavy atom. The highest BCUT2D eigenvalue weighted by Gasteiger charge is 2.27. The minimum absolute atomic E-state index is 0.0106. The van der Waals surface area contributed by atoms with Crippen molar-refractivity contribution in [3.8, 4) is 0 Å². The molecule has 0 aliphatic heterocycles. The summed E-state index contributed by atoms with van der Waals surface area (Å²) in [5.74, 6) is 0. The van der Waals surface area contributed by atoms with Gasteiger partial charge < -0.3 is 9.47 Å². The summed E-state index contributed by atoms with van der Waals surface area (Å²) in [5, 5.41) is 6.83. The van der Waals surface area contributed by atoms with Crippen LogP contribution in [0.1, 0.15) is 25.0 Å². The predicted octanol–water partition coefficient (Wildman–Crippen LogP) is 5.05. The summed E-state index contributed by atoms with van der Waals surface area (Å²) < 4.78 is 72.8. The third-order valence-corrected chi connectivity index (χ3v) is 7.89. The van der Waals surface area contributed by atoms with E-state index in [1.54, 1.807) is 13.8 Å². The number of azide groups is 2. The zero-order valence-corrected chi connectivity index (χ0v) is 22.3. The quantitative estimate of drug-likeness (QED) is 0.0774. The first kappa shape index (κ1) is 30.8. The van der Waals surface area contributed by atoms with Gasteiger partial charge in [0.1, 0.15) is 4.90 Å². The minimum Gasteiger partial charge on any atom is -0.380 e. The van der Waals surface area contributed by atoms with Gasteiger partial charge in [-0.2, -0.15) is 12.7 Å². The smallest absolute Gasteiger partial charge is 0.295 e. The second-order valence-electron chi connectivity index (χ2n) is 7.43. The van der Waals surface area contributed by atoms with Crippen LogP contribution < -0.4 is 0 Å². The van der Waals surface area contributed by atoms with E-state index >= 15 is 0 Å². The van der Waals surface area contributed by atoms with E-state index in [9.17, 15) is 21.4 Å². The van der Waals surface area contributed by atoms with Gasteiger partial charge in [0, 0.05) is 47.5 Å². The van der Waals surface area contributed by atoms with E-state index < -0.39 is 25.0 Å². The van der Waals surface area contributed by atoms with Crippen molar-refractivity contribution < 1.29 is 30.9 Å². The fraction of sp³-hybridized carbons (Fsp3) is 0.364. The molecule has 2 rings (SSSR count). The standard InChI is InChI=1S/C22H27N7O7S2/c1-3-35-13-11-29(12-14-36-4-2)37(30,31)21-15-19(25-27-23)9-7-17(21)5-6-18-8-10-20(26-28-24)16-22(18)38(32,33)34/h5-10,15-16H,3-4,11-14H2,1-2H3,(H,32,33,34). The summed E-state index contributed by atoms with van der Waals surface area (Å²) >= 11 is 0. The van der Waals surface area contributed by atoms with Crippen LogP contribution in [-0.4, -0.2) is 65.2 Å². The predicted molar refractivity (Wildman–Crippen MR) is 141 cm³/mol. The molecule has 204 valence electrons. The molecule has 0 atom stereocenters. The Hall–Kier alpha value is -3.46. The Balaban J connectivity index is 2.64. The Kier molecular flexibility index (Phi) is 11.7. The molecule has 0 spiro atoms. The number of ether oxygens (including phenoxy) is 2. The lowest BCUT2D eigenvalue weighted by Gasteiger charge is -2.23. The molecule has 0 aliphatic carbocycles. The first-order valence-electron chi connectivity index (χ1n) is 11.3. The van der Waals surface area contributed by atoms with Gasteiger partial charge in [0.05, 0.1) is 18.1 Å². The lowest BCUT2D eigenvalue weighted by atomic mass is 10.1. The molecule has 0 unspecified atom stereocenters. The summed E-state index contributed by atoms with van der Waals surface area (Å²) in [6.45, 7) is 4.70. The molecule has 14 nitrogen and oxygen atoms in total. The Morgan fingerprint density at radius 2 is 1.29 bits per heavy atom. The lowest BCUT2D eigenvalue weighted by Crippen LogP contribution is -2.37. The van der Waals surface area contributed by atoms with Gasteiger partial charge in [-0.15, -0.1) is 0 Å². The average molecular weight is 566 g/mol. The fourth-order valence-electron chi connectivity index (χ4n) is 3.29. The third kappa shape index (κ3) is 8.55. The van der Waals surface area contributed by atoms with Crippen LogP contribution in [0.15, 0.2) is 56.4 Å². The second kappa shape index (κ2) is 14.5. The lowest BCUT2D eigenvalue weighted by molar-refractivity contribution is 0.110. The van der Waals surface area contributed by atoms with Crippen LogP contribution in [0.5, 0.6) is 0 Å². The van der Waals surface area contributed by atoms with Gasteiger partial charge >= 0.3 is 0 Å². The second-order valence-corrected chi connectivity index (χ2v) is 10.7. The molecular weight excluding hydrogens is 538 g/mol. The Labute approximate surface area is 220 Å². The molecule has 0 radical (unpaired) electrons. The van der Waals surface area contributed by atoms with Crippen LogP contribution in [-0.2, 0) is 29.6 Å². The zero-order valence-electron chi connectivity index (χ0n) is 20.7. The van der Waals surface area contributed by atoms with Crippen molar-refractivity contribution in [2.45, 2.75) is 23.6 Å². The first-order valence-corrected chi connectivity index (χ1v) is 14.2. The molecule has 38 heavy (non-hydrogen) atoms. The van der Waals surface area contributed by atoms with E-state index in [1.807, 2.05) is 0 Å². The monoisotopic (exact) mass is 565 g/mol. The molecule has 2 aromatic carbocycles. The third-order valence-electron chi connectivity index (χ3n) is 5.03. The van der Waals surface area contributed by atoms with Gasteiger partial charge in [-0.1, -0.05) is 46.6 Å². The summed E-state index contributed by atoms with van der Waals surface area (Å²) in [6.07, 6.45) is 2.63. The van der Waals surface area contributed by atoms with Gasteiger partial charge in [-0.3, -0.25) is 4.55 Å². The van der Waals surface area contributed by atoms with Gasteiger partial charge in [0.25, 0.3) is 10.1 Å². The van der Waals surface area contributed by atoms with Crippen LogP contribution in [0.4, 0.5) is 11.4 Å². The van der Waals surface area contributed by atoms with E-state index in [0.29, 0.717) is 13.2 Å². The molecule has 0 bridgehead atoms. The number of benzene rings is 2. The van der Waals surface area contributed by atoms with Crippen molar-refractivity contribution in [2.75, 3.05) is 39.5 Å². The van der Waals surface area contributed by atoms with Crippen LogP contribution in [0.2, 0.25) is 0 Å². The molecule has 16 heteroatoms. The van der Waals surface area contributed by atoms with Crippen molar-refractivity contribution in [1.29, 1.82) is 0 Å². The van der Waals surface area contributed by atoms with Crippen molar-refractivity contribution in [3.05, 3.63) is 68.4 Å². The highest BCUT2D eigenvalue weighted by Crippen LogP contribution is 2.29.